The fourth-order valence-corrected chi connectivity index (χ4v) is 6.42. The summed E-state index contributed by atoms with van der Waals surface area (Å²) < 4.78 is 49.9. The normalized spacial score (nSPS) is 24.3. The topological polar surface area (TPSA) is 115 Å². The average molecular weight is 581 g/mol. The highest BCUT2D eigenvalue weighted by atomic mass is 35.5. The minimum atomic E-state index is -3.36. The Morgan fingerprint density at radius 1 is 1.13 bits per heavy atom. The molecule has 2 aromatic heterocycles. The van der Waals surface area contributed by atoms with Crippen molar-refractivity contribution in [1.82, 2.24) is 14.5 Å². The van der Waals surface area contributed by atoms with Gasteiger partial charge in [-0.3, -0.25) is 9.13 Å². The molecule has 1 aromatic carbocycles. The molecule has 0 aliphatic carbocycles. The van der Waals surface area contributed by atoms with Gasteiger partial charge in [0.25, 0.3) is 0 Å². The van der Waals surface area contributed by atoms with Gasteiger partial charge >= 0.3 is 7.60 Å². The first-order chi connectivity index (χ1) is 18.7. The smallest absolute Gasteiger partial charge is 0.356 e. The number of anilines is 1. The van der Waals surface area contributed by atoms with Gasteiger partial charge in [0.2, 0.25) is 0 Å². The van der Waals surface area contributed by atoms with E-state index in [4.69, 9.17) is 39.6 Å². The summed E-state index contributed by atoms with van der Waals surface area (Å²) in [4.78, 5) is 9.18. The molecule has 39 heavy (non-hydrogen) atoms. The highest BCUT2D eigenvalue weighted by Gasteiger charge is 2.56. The first-order valence-electron chi connectivity index (χ1n) is 13.0. The Morgan fingerprint density at radius 2 is 1.85 bits per heavy atom. The number of hydrogen-bond donors (Lipinski definition) is 1. The zero-order valence-corrected chi connectivity index (χ0v) is 24.1. The van der Waals surface area contributed by atoms with E-state index in [2.05, 4.69) is 15.3 Å². The molecule has 4 atom stereocenters. The zero-order chi connectivity index (χ0) is 27.6. The molecule has 2 fully saturated rings. The fourth-order valence-electron chi connectivity index (χ4n) is 4.89. The molecule has 2 saturated heterocycles. The van der Waals surface area contributed by atoms with Crippen molar-refractivity contribution in [1.29, 1.82) is 0 Å². The first kappa shape index (κ1) is 28.4. The number of fused-ring (bicyclic) bond motifs is 2. The van der Waals surface area contributed by atoms with Gasteiger partial charge in [-0.05, 0) is 33.3 Å². The summed E-state index contributed by atoms with van der Waals surface area (Å²) in [5, 5.41) is 3.73. The van der Waals surface area contributed by atoms with Crippen molar-refractivity contribution in [3.05, 3.63) is 53.4 Å². The van der Waals surface area contributed by atoms with Crippen LogP contribution < -0.4 is 5.32 Å². The van der Waals surface area contributed by atoms with Crippen molar-refractivity contribution in [2.75, 3.05) is 31.5 Å². The van der Waals surface area contributed by atoms with Crippen LogP contribution in [0.1, 0.15) is 39.5 Å². The van der Waals surface area contributed by atoms with Gasteiger partial charge in [0.1, 0.15) is 35.3 Å². The second kappa shape index (κ2) is 11.8. The van der Waals surface area contributed by atoms with Gasteiger partial charge < -0.3 is 33.3 Å². The molecule has 5 rings (SSSR count). The van der Waals surface area contributed by atoms with E-state index in [0.717, 1.165) is 11.3 Å². The number of hydrogen-bond acceptors (Lipinski definition) is 10. The quantitative estimate of drug-likeness (QED) is 0.222. The van der Waals surface area contributed by atoms with Gasteiger partial charge in [-0.2, -0.15) is 0 Å². The maximum atomic E-state index is 12.8. The zero-order valence-electron chi connectivity index (χ0n) is 22.4. The largest absolute Gasteiger partial charge is 0.379 e. The van der Waals surface area contributed by atoms with Crippen LogP contribution in [0, 0.1) is 0 Å². The van der Waals surface area contributed by atoms with Gasteiger partial charge in [-0.1, -0.05) is 41.9 Å². The number of nitrogens with zero attached hydrogens (tertiary/aromatic N) is 3. The van der Waals surface area contributed by atoms with Crippen LogP contribution in [0.15, 0.2) is 42.7 Å². The third-order valence-corrected chi connectivity index (χ3v) is 8.40. The van der Waals surface area contributed by atoms with Crippen molar-refractivity contribution < 1.29 is 32.6 Å². The standard InChI is InChI=1S/C26H34ClN4O7P/c1-5-34-39(32,35-6-2)16-33-14-19-22-23(38-26(3,4)37-22)25(36-19)31-15-29-21-18(12-20(27)30-24(21)31)28-13-17-10-8-7-9-11-17/h7-12,15,19,22-23,25H,5-6,13-14,16H2,1-4H3,(H,28,30)/t19-,22-,23-,25-/m1/s1. The predicted octanol–water partition coefficient (Wildman–Crippen LogP) is 5.35. The second-order valence-electron chi connectivity index (χ2n) is 9.73. The molecule has 0 unspecified atom stereocenters. The minimum absolute atomic E-state index is 0.103. The van der Waals surface area contributed by atoms with Gasteiger partial charge in [0.15, 0.2) is 17.7 Å². The van der Waals surface area contributed by atoms with Crippen molar-refractivity contribution in [3.8, 4) is 0 Å². The van der Waals surface area contributed by atoms with Crippen molar-refractivity contribution in [2.45, 2.75) is 64.6 Å². The molecule has 0 saturated carbocycles. The molecule has 3 aromatic rings. The van der Waals surface area contributed by atoms with E-state index in [1.165, 1.54) is 0 Å². The van der Waals surface area contributed by atoms with E-state index in [-0.39, 0.29) is 26.2 Å². The van der Waals surface area contributed by atoms with Crippen molar-refractivity contribution in [3.63, 3.8) is 0 Å². The molecular weight excluding hydrogens is 547 g/mol. The van der Waals surface area contributed by atoms with Crippen LogP contribution in [0.4, 0.5) is 5.69 Å². The van der Waals surface area contributed by atoms with Gasteiger partial charge in [0.05, 0.1) is 31.8 Å². The van der Waals surface area contributed by atoms with Crippen molar-refractivity contribution in [2.24, 2.45) is 0 Å². The van der Waals surface area contributed by atoms with E-state index in [0.29, 0.717) is 22.9 Å². The molecule has 0 amide bonds. The van der Waals surface area contributed by atoms with Crippen LogP contribution in [0.25, 0.3) is 11.2 Å². The fraction of sp³-hybridized carbons (Fsp3) is 0.538. The summed E-state index contributed by atoms with van der Waals surface area (Å²) in [7, 11) is -3.36. The van der Waals surface area contributed by atoms with Crippen LogP contribution in [0.2, 0.25) is 5.15 Å². The number of ether oxygens (including phenoxy) is 4. The van der Waals surface area contributed by atoms with Crippen LogP contribution in [-0.2, 0) is 39.1 Å². The second-order valence-corrected chi connectivity index (χ2v) is 12.1. The predicted molar refractivity (Wildman–Crippen MR) is 146 cm³/mol. The third-order valence-electron chi connectivity index (χ3n) is 6.41. The maximum Gasteiger partial charge on any atom is 0.356 e. The number of pyridine rings is 1. The van der Waals surface area contributed by atoms with Crippen LogP contribution >= 0.6 is 19.2 Å². The Labute approximate surface area is 232 Å². The molecule has 2 aliphatic heterocycles. The number of aromatic nitrogens is 3. The number of halogens is 1. The SMILES string of the molecule is CCOP(=O)(COC[C@H]1O[C@@H](n2cnc3c(NCc4ccccc4)cc(Cl)nc32)[C@@H]2OC(C)(C)O[C@@H]21)OCC. The van der Waals surface area contributed by atoms with Gasteiger partial charge in [-0.25, -0.2) is 9.97 Å². The monoisotopic (exact) mass is 580 g/mol. The van der Waals surface area contributed by atoms with E-state index >= 15 is 0 Å². The molecule has 0 bridgehead atoms. The molecule has 4 heterocycles. The Morgan fingerprint density at radius 3 is 2.56 bits per heavy atom. The summed E-state index contributed by atoms with van der Waals surface area (Å²) >= 11 is 6.43. The molecule has 212 valence electrons. The third kappa shape index (κ3) is 6.31. The van der Waals surface area contributed by atoms with E-state index in [1.54, 1.807) is 26.2 Å². The first-order valence-corrected chi connectivity index (χ1v) is 15.1. The van der Waals surface area contributed by atoms with Crippen LogP contribution in [0.5, 0.6) is 0 Å². The molecule has 0 radical (unpaired) electrons. The molecule has 2 aliphatic rings. The van der Waals surface area contributed by atoms with E-state index in [1.807, 2.05) is 48.7 Å². The highest BCUT2D eigenvalue weighted by Crippen LogP contribution is 2.49. The summed E-state index contributed by atoms with van der Waals surface area (Å²) in [6.07, 6.45) is -0.531. The Hall–Kier alpha value is -2.08. The van der Waals surface area contributed by atoms with Gasteiger partial charge in [-0.15, -0.1) is 0 Å². The van der Waals surface area contributed by atoms with Crippen LogP contribution in [0.3, 0.4) is 0 Å². The van der Waals surface area contributed by atoms with E-state index in [9.17, 15) is 4.57 Å². The lowest BCUT2D eigenvalue weighted by atomic mass is 10.1. The summed E-state index contributed by atoms with van der Waals surface area (Å²) in [6, 6.07) is 11.8. The average Bonchev–Trinajstić information content (AvgIpc) is 3.54. The minimum Gasteiger partial charge on any atom is -0.379 e. The summed E-state index contributed by atoms with van der Waals surface area (Å²) in [5.74, 6) is -0.828. The number of nitrogens with one attached hydrogen (secondary N) is 1. The Kier molecular flexibility index (Phi) is 8.61. The number of rotatable bonds is 12. The van der Waals surface area contributed by atoms with Crippen LogP contribution in [-0.4, -0.2) is 64.8 Å². The Balaban J connectivity index is 1.36. The lowest BCUT2D eigenvalue weighted by Gasteiger charge is -2.25. The molecule has 13 heteroatoms. The summed E-state index contributed by atoms with van der Waals surface area (Å²) in [5.41, 5.74) is 3.09. The summed E-state index contributed by atoms with van der Waals surface area (Å²) in [6.45, 7) is 8.43. The van der Waals surface area contributed by atoms with Gasteiger partial charge in [0, 0.05) is 12.6 Å². The molecule has 11 nitrogen and oxygen atoms in total. The molecule has 1 N–H and O–H groups in total. The molecule has 0 spiro atoms. The van der Waals surface area contributed by atoms with Crippen molar-refractivity contribution >= 4 is 36.0 Å². The Bertz CT molecular complexity index is 1310. The molecular formula is C26H34ClN4O7P. The maximum absolute atomic E-state index is 12.8. The lowest BCUT2D eigenvalue weighted by Crippen LogP contribution is -2.33. The highest BCUT2D eigenvalue weighted by molar-refractivity contribution is 7.53. The lowest BCUT2D eigenvalue weighted by molar-refractivity contribution is -0.201. The number of imidazole rings is 1. The number of benzene rings is 1. The van der Waals surface area contributed by atoms with E-state index < -0.39 is 37.9 Å².